The number of thiophene rings is 1. The van der Waals surface area contributed by atoms with Gasteiger partial charge in [0, 0.05) is 23.7 Å². The molecule has 2 rings (SSSR count). The molecule has 84 valence electrons. The molecule has 2 aromatic heterocycles. The Balaban J connectivity index is 2.12. The predicted octanol–water partition coefficient (Wildman–Crippen LogP) is 2.54. The third kappa shape index (κ3) is 2.80. The van der Waals surface area contributed by atoms with E-state index in [1.54, 1.807) is 23.7 Å². The Hall–Kier alpha value is -0.940. The van der Waals surface area contributed by atoms with Crippen LogP contribution in [-0.4, -0.2) is 4.98 Å². The van der Waals surface area contributed by atoms with Crippen LogP contribution in [0.4, 0.5) is 0 Å². The maximum absolute atomic E-state index is 5.89. The highest BCUT2D eigenvalue weighted by molar-refractivity contribution is 7.16. The second-order valence-corrected chi connectivity index (χ2v) is 5.21. The van der Waals surface area contributed by atoms with E-state index < -0.39 is 0 Å². The number of aromatic nitrogens is 1. The Bertz CT molecular complexity index is 444. The Labute approximate surface area is 103 Å². The van der Waals surface area contributed by atoms with Gasteiger partial charge in [0.15, 0.2) is 0 Å². The van der Waals surface area contributed by atoms with Crippen LogP contribution in [-0.2, 0) is 6.42 Å². The fourth-order valence-corrected chi connectivity index (χ4v) is 2.66. The van der Waals surface area contributed by atoms with E-state index in [1.165, 1.54) is 4.88 Å². The number of halogens is 1. The largest absolute Gasteiger partial charge is 0.271 e. The number of nitrogens with one attached hydrogen (secondary N) is 1. The van der Waals surface area contributed by atoms with E-state index in [4.69, 9.17) is 17.4 Å². The molecule has 0 aliphatic carbocycles. The first-order valence-corrected chi connectivity index (χ1v) is 6.09. The van der Waals surface area contributed by atoms with Crippen molar-refractivity contribution in [1.82, 2.24) is 10.4 Å². The summed E-state index contributed by atoms with van der Waals surface area (Å²) in [5, 5.41) is 0. The van der Waals surface area contributed by atoms with Gasteiger partial charge in [0.1, 0.15) is 0 Å². The molecule has 3 N–H and O–H groups in total. The van der Waals surface area contributed by atoms with Crippen molar-refractivity contribution in [3.05, 3.63) is 51.4 Å². The zero-order valence-electron chi connectivity index (χ0n) is 8.56. The van der Waals surface area contributed by atoms with Crippen LogP contribution >= 0.6 is 22.9 Å². The molecule has 5 heteroatoms. The Morgan fingerprint density at radius 1 is 1.31 bits per heavy atom. The predicted molar refractivity (Wildman–Crippen MR) is 67.3 cm³/mol. The molecule has 0 aliphatic heterocycles. The molecule has 0 radical (unpaired) electrons. The molecule has 0 fully saturated rings. The minimum absolute atomic E-state index is 0.0951. The van der Waals surface area contributed by atoms with Crippen LogP contribution in [0.3, 0.4) is 0 Å². The molecular formula is C11H12ClN3S. The Morgan fingerprint density at radius 2 is 2.06 bits per heavy atom. The molecule has 2 aromatic rings. The van der Waals surface area contributed by atoms with Crippen LogP contribution in [0.2, 0.25) is 4.34 Å². The van der Waals surface area contributed by atoms with E-state index in [0.29, 0.717) is 0 Å². The molecule has 1 unspecified atom stereocenters. The molecule has 3 nitrogen and oxygen atoms in total. The lowest BCUT2D eigenvalue weighted by Gasteiger charge is -2.14. The second kappa shape index (κ2) is 5.41. The van der Waals surface area contributed by atoms with Gasteiger partial charge in [0.25, 0.3) is 0 Å². The first-order chi connectivity index (χ1) is 7.79. The molecular weight excluding hydrogens is 242 g/mol. The molecule has 0 aliphatic rings. The normalized spacial score (nSPS) is 12.6. The van der Waals surface area contributed by atoms with Gasteiger partial charge in [-0.15, -0.1) is 11.3 Å². The van der Waals surface area contributed by atoms with Crippen molar-refractivity contribution in [3.63, 3.8) is 0 Å². The van der Waals surface area contributed by atoms with Gasteiger partial charge >= 0.3 is 0 Å². The Morgan fingerprint density at radius 3 is 2.62 bits per heavy atom. The maximum atomic E-state index is 5.89. The number of pyridine rings is 1. The quantitative estimate of drug-likeness (QED) is 0.650. The number of hydrazine groups is 1. The lowest BCUT2D eigenvalue weighted by molar-refractivity contribution is 0.555. The van der Waals surface area contributed by atoms with E-state index in [0.717, 1.165) is 16.3 Å². The summed E-state index contributed by atoms with van der Waals surface area (Å²) in [4.78, 5) is 5.20. The fraction of sp³-hybridized carbons (Fsp3) is 0.182. The summed E-state index contributed by atoms with van der Waals surface area (Å²) in [5.74, 6) is 5.56. The molecule has 0 bridgehead atoms. The fourth-order valence-electron chi connectivity index (χ4n) is 1.53. The highest BCUT2D eigenvalue weighted by atomic mass is 35.5. The lowest BCUT2D eigenvalue weighted by Crippen LogP contribution is -2.29. The van der Waals surface area contributed by atoms with Gasteiger partial charge in [-0.3, -0.25) is 16.3 Å². The highest BCUT2D eigenvalue weighted by Crippen LogP contribution is 2.26. The van der Waals surface area contributed by atoms with Crippen molar-refractivity contribution in [1.29, 1.82) is 0 Å². The average Bonchev–Trinajstić information content (AvgIpc) is 2.73. The number of nitrogens with zero attached hydrogens (tertiary/aromatic N) is 1. The molecule has 2 heterocycles. The smallest absolute Gasteiger partial charge is 0.0931 e. The standard InChI is InChI=1S/C11H12ClN3S/c12-11-2-1-9(16-11)7-10(15-13)8-3-5-14-6-4-8/h1-6,10,15H,7,13H2. The van der Waals surface area contributed by atoms with Gasteiger partial charge in [-0.1, -0.05) is 11.6 Å². The van der Waals surface area contributed by atoms with Gasteiger partial charge in [-0.2, -0.15) is 0 Å². The lowest BCUT2D eigenvalue weighted by atomic mass is 10.1. The van der Waals surface area contributed by atoms with Crippen LogP contribution < -0.4 is 11.3 Å². The van der Waals surface area contributed by atoms with Crippen molar-refractivity contribution in [2.75, 3.05) is 0 Å². The van der Waals surface area contributed by atoms with Gasteiger partial charge in [-0.05, 0) is 29.8 Å². The number of nitrogens with two attached hydrogens (primary N) is 1. The van der Waals surface area contributed by atoms with Crippen molar-refractivity contribution in [2.45, 2.75) is 12.5 Å². The first-order valence-electron chi connectivity index (χ1n) is 4.90. The zero-order valence-corrected chi connectivity index (χ0v) is 10.1. The van der Waals surface area contributed by atoms with Crippen LogP contribution in [0.1, 0.15) is 16.5 Å². The van der Waals surface area contributed by atoms with Gasteiger partial charge < -0.3 is 0 Å². The summed E-state index contributed by atoms with van der Waals surface area (Å²) in [6.07, 6.45) is 4.36. The van der Waals surface area contributed by atoms with Crippen LogP contribution in [0.5, 0.6) is 0 Å². The van der Waals surface area contributed by atoms with Gasteiger partial charge in [0.2, 0.25) is 0 Å². The molecule has 0 aromatic carbocycles. The average molecular weight is 254 g/mol. The van der Waals surface area contributed by atoms with E-state index in [9.17, 15) is 0 Å². The molecule has 0 spiro atoms. The molecule has 16 heavy (non-hydrogen) atoms. The monoisotopic (exact) mass is 253 g/mol. The van der Waals surface area contributed by atoms with Crippen LogP contribution in [0, 0.1) is 0 Å². The van der Waals surface area contributed by atoms with Crippen LogP contribution in [0.15, 0.2) is 36.7 Å². The SMILES string of the molecule is NNC(Cc1ccc(Cl)s1)c1ccncc1. The topological polar surface area (TPSA) is 50.9 Å². The van der Waals surface area contributed by atoms with Crippen molar-refractivity contribution < 1.29 is 0 Å². The highest BCUT2D eigenvalue weighted by Gasteiger charge is 2.11. The summed E-state index contributed by atoms with van der Waals surface area (Å²) in [5.41, 5.74) is 3.94. The van der Waals surface area contributed by atoms with E-state index in [-0.39, 0.29) is 6.04 Å². The third-order valence-corrected chi connectivity index (χ3v) is 3.60. The maximum Gasteiger partial charge on any atom is 0.0931 e. The molecule has 0 saturated heterocycles. The number of rotatable bonds is 4. The minimum atomic E-state index is 0.0951. The van der Waals surface area contributed by atoms with Crippen molar-refractivity contribution >= 4 is 22.9 Å². The minimum Gasteiger partial charge on any atom is -0.271 e. The molecule has 1 atom stereocenters. The molecule has 0 amide bonds. The van der Waals surface area contributed by atoms with Crippen molar-refractivity contribution in [2.24, 2.45) is 5.84 Å². The number of hydrogen-bond acceptors (Lipinski definition) is 4. The molecule has 0 saturated carbocycles. The van der Waals surface area contributed by atoms with Crippen LogP contribution in [0.25, 0.3) is 0 Å². The summed E-state index contributed by atoms with van der Waals surface area (Å²) < 4.78 is 0.806. The van der Waals surface area contributed by atoms with E-state index in [1.807, 2.05) is 24.3 Å². The summed E-state index contributed by atoms with van der Waals surface area (Å²) >= 11 is 7.47. The van der Waals surface area contributed by atoms with Crippen molar-refractivity contribution in [3.8, 4) is 0 Å². The summed E-state index contributed by atoms with van der Waals surface area (Å²) in [6.45, 7) is 0. The van der Waals surface area contributed by atoms with E-state index >= 15 is 0 Å². The summed E-state index contributed by atoms with van der Waals surface area (Å²) in [7, 11) is 0. The summed E-state index contributed by atoms with van der Waals surface area (Å²) in [6, 6.07) is 7.94. The zero-order chi connectivity index (χ0) is 11.4. The second-order valence-electron chi connectivity index (χ2n) is 3.41. The number of hydrogen-bond donors (Lipinski definition) is 2. The van der Waals surface area contributed by atoms with Gasteiger partial charge in [-0.25, -0.2) is 0 Å². The van der Waals surface area contributed by atoms with Gasteiger partial charge in [0.05, 0.1) is 10.4 Å². The first kappa shape index (κ1) is 11.5. The third-order valence-electron chi connectivity index (χ3n) is 2.34. The van der Waals surface area contributed by atoms with E-state index in [2.05, 4.69) is 10.4 Å². The Kier molecular flexibility index (Phi) is 3.90.